The van der Waals surface area contributed by atoms with Crippen molar-refractivity contribution < 1.29 is 0 Å². The maximum absolute atomic E-state index is 3.67. The standard InChI is InChI=1S/C19H24BrN/c1-13(2)16-9-11-17(12-10-16)14(3)21-15(4)18-7-5-6-8-19(18)20/h5-15,21H,1-4H3/t14?,15-/m1/s1. The minimum absolute atomic E-state index is 0.306. The van der Waals surface area contributed by atoms with Gasteiger partial charge in [-0.1, -0.05) is 72.2 Å². The summed E-state index contributed by atoms with van der Waals surface area (Å²) in [5, 5.41) is 3.67. The van der Waals surface area contributed by atoms with E-state index >= 15 is 0 Å². The molecule has 0 fully saturated rings. The summed E-state index contributed by atoms with van der Waals surface area (Å²) in [5.74, 6) is 0.585. The van der Waals surface area contributed by atoms with Crippen molar-refractivity contribution in [1.29, 1.82) is 0 Å². The van der Waals surface area contributed by atoms with Crippen molar-refractivity contribution in [3.8, 4) is 0 Å². The molecule has 0 bridgehead atoms. The Labute approximate surface area is 136 Å². The van der Waals surface area contributed by atoms with Crippen LogP contribution in [0.25, 0.3) is 0 Å². The molecule has 21 heavy (non-hydrogen) atoms. The lowest BCUT2D eigenvalue weighted by Crippen LogP contribution is -2.22. The smallest absolute Gasteiger partial charge is 0.0308 e. The molecule has 2 heteroatoms. The molecule has 0 amide bonds. The molecule has 0 radical (unpaired) electrons. The third-order valence-electron chi connectivity index (χ3n) is 3.97. The van der Waals surface area contributed by atoms with Gasteiger partial charge < -0.3 is 5.32 Å². The van der Waals surface area contributed by atoms with Crippen LogP contribution in [0, 0.1) is 0 Å². The van der Waals surface area contributed by atoms with Gasteiger partial charge in [0.25, 0.3) is 0 Å². The zero-order valence-corrected chi connectivity index (χ0v) is 14.8. The number of rotatable bonds is 5. The van der Waals surface area contributed by atoms with E-state index < -0.39 is 0 Å². The number of benzene rings is 2. The van der Waals surface area contributed by atoms with Crippen molar-refractivity contribution >= 4 is 15.9 Å². The predicted molar refractivity (Wildman–Crippen MR) is 94.6 cm³/mol. The maximum atomic E-state index is 3.67. The van der Waals surface area contributed by atoms with Gasteiger partial charge in [-0.3, -0.25) is 0 Å². The van der Waals surface area contributed by atoms with Crippen LogP contribution in [-0.2, 0) is 0 Å². The average Bonchev–Trinajstić information content (AvgIpc) is 2.47. The zero-order chi connectivity index (χ0) is 15.4. The number of halogens is 1. The first kappa shape index (κ1) is 16.3. The van der Waals surface area contributed by atoms with Crippen molar-refractivity contribution in [1.82, 2.24) is 5.32 Å². The van der Waals surface area contributed by atoms with E-state index in [2.05, 4.69) is 91.4 Å². The summed E-state index contributed by atoms with van der Waals surface area (Å²) in [6, 6.07) is 18.0. The second kappa shape index (κ2) is 7.24. The first-order valence-corrected chi connectivity index (χ1v) is 8.38. The topological polar surface area (TPSA) is 12.0 Å². The van der Waals surface area contributed by atoms with Gasteiger partial charge in [-0.2, -0.15) is 0 Å². The summed E-state index contributed by atoms with van der Waals surface area (Å²) >= 11 is 3.63. The molecule has 2 aromatic carbocycles. The van der Waals surface area contributed by atoms with Gasteiger partial charge in [0.15, 0.2) is 0 Å². The molecule has 1 nitrogen and oxygen atoms in total. The van der Waals surface area contributed by atoms with Crippen molar-refractivity contribution in [2.45, 2.75) is 45.7 Å². The lowest BCUT2D eigenvalue weighted by atomic mass is 9.99. The van der Waals surface area contributed by atoms with Gasteiger partial charge in [-0.05, 0) is 42.5 Å². The molecule has 0 saturated heterocycles. The molecule has 1 N–H and O–H groups in total. The zero-order valence-electron chi connectivity index (χ0n) is 13.2. The molecule has 0 aliphatic heterocycles. The Morgan fingerprint density at radius 3 is 1.90 bits per heavy atom. The van der Waals surface area contributed by atoms with Gasteiger partial charge >= 0.3 is 0 Å². The molecule has 0 heterocycles. The van der Waals surface area contributed by atoms with Gasteiger partial charge in [0, 0.05) is 16.6 Å². The quantitative estimate of drug-likeness (QED) is 0.702. The predicted octanol–water partition coefficient (Wildman–Crippen LogP) is 5.98. The van der Waals surface area contributed by atoms with Crippen molar-refractivity contribution in [2.24, 2.45) is 0 Å². The third kappa shape index (κ3) is 4.18. The molecule has 2 rings (SSSR count). The summed E-state index contributed by atoms with van der Waals surface area (Å²) < 4.78 is 1.16. The molecule has 0 aliphatic rings. The Morgan fingerprint density at radius 2 is 1.33 bits per heavy atom. The van der Waals surface area contributed by atoms with E-state index in [1.807, 2.05) is 6.07 Å². The van der Waals surface area contributed by atoms with E-state index in [-0.39, 0.29) is 0 Å². The maximum Gasteiger partial charge on any atom is 0.0308 e. The first-order chi connectivity index (χ1) is 9.99. The van der Waals surface area contributed by atoms with Crippen LogP contribution in [0.15, 0.2) is 53.0 Å². The molecule has 0 aliphatic carbocycles. The second-order valence-corrected chi connectivity index (χ2v) is 6.81. The minimum atomic E-state index is 0.306. The van der Waals surface area contributed by atoms with Crippen LogP contribution in [0.5, 0.6) is 0 Å². The van der Waals surface area contributed by atoms with Gasteiger partial charge in [-0.15, -0.1) is 0 Å². The monoisotopic (exact) mass is 345 g/mol. The second-order valence-electron chi connectivity index (χ2n) is 5.95. The SMILES string of the molecule is CC(C)c1ccc(C(C)N[C@H](C)c2ccccc2Br)cc1. The molecule has 0 saturated carbocycles. The number of nitrogens with one attached hydrogen (secondary N) is 1. The highest BCUT2D eigenvalue weighted by molar-refractivity contribution is 9.10. The normalized spacial score (nSPS) is 14.2. The van der Waals surface area contributed by atoms with Gasteiger partial charge in [0.2, 0.25) is 0 Å². The Bertz CT molecular complexity index is 574. The van der Waals surface area contributed by atoms with Crippen LogP contribution in [-0.4, -0.2) is 0 Å². The van der Waals surface area contributed by atoms with Crippen molar-refractivity contribution in [2.75, 3.05) is 0 Å². The highest BCUT2D eigenvalue weighted by Gasteiger charge is 2.13. The summed E-state index contributed by atoms with van der Waals surface area (Å²) in [5.41, 5.74) is 4.02. The van der Waals surface area contributed by atoms with Crippen molar-refractivity contribution in [3.63, 3.8) is 0 Å². The van der Waals surface area contributed by atoms with Crippen LogP contribution in [0.3, 0.4) is 0 Å². The summed E-state index contributed by atoms with van der Waals surface area (Å²) in [6.45, 7) is 8.88. The van der Waals surface area contributed by atoms with Crippen LogP contribution in [0.1, 0.15) is 62.4 Å². The van der Waals surface area contributed by atoms with E-state index in [9.17, 15) is 0 Å². The fourth-order valence-electron chi connectivity index (χ4n) is 2.56. The van der Waals surface area contributed by atoms with E-state index in [0.29, 0.717) is 18.0 Å². The molecular weight excluding hydrogens is 322 g/mol. The van der Waals surface area contributed by atoms with E-state index in [0.717, 1.165) is 4.47 Å². The highest BCUT2D eigenvalue weighted by Crippen LogP contribution is 2.26. The Kier molecular flexibility index (Phi) is 5.60. The molecule has 2 aromatic rings. The molecule has 0 aromatic heterocycles. The third-order valence-corrected chi connectivity index (χ3v) is 4.70. The minimum Gasteiger partial charge on any atom is -0.304 e. The highest BCUT2D eigenvalue weighted by atomic mass is 79.9. The summed E-state index contributed by atoms with van der Waals surface area (Å²) in [4.78, 5) is 0. The molecule has 1 unspecified atom stereocenters. The lowest BCUT2D eigenvalue weighted by Gasteiger charge is -2.22. The van der Waals surface area contributed by atoms with E-state index in [1.54, 1.807) is 0 Å². The molecule has 2 atom stereocenters. The van der Waals surface area contributed by atoms with E-state index in [1.165, 1.54) is 16.7 Å². The Balaban J connectivity index is 2.07. The molecule has 0 spiro atoms. The molecule has 112 valence electrons. The van der Waals surface area contributed by atoms with Crippen molar-refractivity contribution in [3.05, 3.63) is 69.7 Å². The van der Waals surface area contributed by atoms with Crippen LogP contribution >= 0.6 is 15.9 Å². The fraction of sp³-hybridized carbons (Fsp3) is 0.368. The van der Waals surface area contributed by atoms with Crippen LogP contribution < -0.4 is 5.32 Å². The largest absolute Gasteiger partial charge is 0.304 e. The van der Waals surface area contributed by atoms with Crippen LogP contribution in [0.2, 0.25) is 0 Å². The van der Waals surface area contributed by atoms with Gasteiger partial charge in [0.1, 0.15) is 0 Å². The Morgan fingerprint density at radius 1 is 0.762 bits per heavy atom. The summed E-state index contributed by atoms with van der Waals surface area (Å²) in [6.07, 6.45) is 0. The number of hydrogen-bond donors (Lipinski definition) is 1. The molecular formula is C19H24BrN. The van der Waals surface area contributed by atoms with Crippen LogP contribution in [0.4, 0.5) is 0 Å². The first-order valence-electron chi connectivity index (χ1n) is 7.59. The lowest BCUT2D eigenvalue weighted by molar-refractivity contribution is 0.493. The summed E-state index contributed by atoms with van der Waals surface area (Å²) in [7, 11) is 0. The van der Waals surface area contributed by atoms with E-state index in [4.69, 9.17) is 0 Å². The Hall–Kier alpha value is -1.12. The fourth-order valence-corrected chi connectivity index (χ4v) is 3.19. The van der Waals surface area contributed by atoms with Gasteiger partial charge in [0.05, 0.1) is 0 Å². The van der Waals surface area contributed by atoms with Gasteiger partial charge in [-0.25, -0.2) is 0 Å². The number of hydrogen-bond acceptors (Lipinski definition) is 1. The average molecular weight is 346 g/mol.